The number of H-pyrrole nitrogens is 1. The van der Waals surface area contributed by atoms with Crippen molar-refractivity contribution in [3.63, 3.8) is 0 Å². The van der Waals surface area contributed by atoms with Gasteiger partial charge in [0.15, 0.2) is 0 Å². The SMILES string of the molecule is O=C(NCCn1c(=O)[nH]c2ccccc21)NCc1ccccc1CO. The van der Waals surface area contributed by atoms with Crippen molar-refractivity contribution in [2.45, 2.75) is 19.7 Å². The lowest BCUT2D eigenvalue weighted by molar-refractivity contribution is 0.239. The number of hydrogen-bond acceptors (Lipinski definition) is 3. The zero-order chi connectivity index (χ0) is 17.6. The first kappa shape index (κ1) is 16.8. The molecule has 1 heterocycles. The van der Waals surface area contributed by atoms with Crippen LogP contribution in [0.2, 0.25) is 0 Å². The summed E-state index contributed by atoms with van der Waals surface area (Å²) in [7, 11) is 0. The van der Waals surface area contributed by atoms with Crippen molar-refractivity contribution < 1.29 is 9.90 Å². The molecule has 0 saturated carbocycles. The van der Waals surface area contributed by atoms with E-state index < -0.39 is 0 Å². The van der Waals surface area contributed by atoms with E-state index in [0.717, 1.165) is 22.2 Å². The van der Waals surface area contributed by atoms with Crippen molar-refractivity contribution >= 4 is 17.1 Å². The number of nitrogens with zero attached hydrogens (tertiary/aromatic N) is 1. The number of urea groups is 1. The molecule has 0 radical (unpaired) electrons. The number of carbonyl (C=O) groups excluding carboxylic acids is 1. The van der Waals surface area contributed by atoms with Gasteiger partial charge in [-0.2, -0.15) is 0 Å². The molecule has 1 aromatic heterocycles. The molecule has 0 atom stereocenters. The van der Waals surface area contributed by atoms with Gasteiger partial charge in [0.25, 0.3) is 0 Å². The Hall–Kier alpha value is -3.06. The summed E-state index contributed by atoms with van der Waals surface area (Å²) in [5.74, 6) is 0. The molecule has 2 aromatic carbocycles. The average molecular weight is 340 g/mol. The first-order chi connectivity index (χ1) is 12.2. The summed E-state index contributed by atoms with van der Waals surface area (Å²) in [6, 6.07) is 14.5. The topological polar surface area (TPSA) is 99.2 Å². The van der Waals surface area contributed by atoms with Gasteiger partial charge in [0.2, 0.25) is 0 Å². The predicted molar refractivity (Wildman–Crippen MR) is 95.2 cm³/mol. The van der Waals surface area contributed by atoms with E-state index in [-0.39, 0.29) is 18.3 Å². The second-order valence-electron chi connectivity index (χ2n) is 5.64. The maximum Gasteiger partial charge on any atom is 0.326 e. The largest absolute Gasteiger partial charge is 0.392 e. The number of aliphatic hydroxyl groups excluding tert-OH is 1. The lowest BCUT2D eigenvalue weighted by Crippen LogP contribution is -2.37. The normalized spacial score (nSPS) is 10.8. The number of benzene rings is 2. The summed E-state index contributed by atoms with van der Waals surface area (Å²) in [4.78, 5) is 26.6. The third kappa shape index (κ3) is 3.89. The quantitative estimate of drug-likeness (QED) is 0.545. The molecule has 3 aromatic rings. The van der Waals surface area contributed by atoms with Gasteiger partial charge in [0.1, 0.15) is 0 Å². The number of imidazole rings is 1. The number of fused-ring (bicyclic) bond motifs is 1. The van der Waals surface area contributed by atoms with E-state index in [0.29, 0.717) is 19.6 Å². The number of para-hydroxylation sites is 2. The first-order valence-corrected chi connectivity index (χ1v) is 8.06. The highest BCUT2D eigenvalue weighted by Gasteiger charge is 2.07. The molecule has 0 unspecified atom stereocenters. The monoisotopic (exact) mass is 340 g/mol. The van der Waals surface area contributed by atoms with E-state index in [1.807, 2.05) is 48.5 Å². The van der Waals surface area contributed by atoms with Gasteiger partial charge in [0, 0.05) is 19.6 Å². The Balaban J connectivity index is 1.52. The summed E-state index contributed by atoms with van der Waals surface area (Å²) in [6.07, 6.45) is 0. The van der Waals surface area contributed by atoms with Crippen molar-refractivity contribution in [2.75, 3.05) is 6.54 Å². The highest BCUT2D eigenvalue weighted by atomic mass is 16.3. The molecule has 0 aliphatic rings. The fourth-order valence-electron chi connectivity index (χ4n) is 2.73. The lowest BCUT2D eigenvalue weighted by Gasteiger charge is -2.10. The van der Waals surface area contributed by atoms with E-state index in [4.69, 9.17) is 0 Å². The summed E-state index contributed by atoms with van der Waals surface area (Å²) in [6.45, 7) is 0.970. The van der Waals surface area contributed by atoms with Crippen LogP contribution in [-0.2, 0) is 19.7 Å². The van der Waals surface area contributed by atoms with E-state index in [1.54, 1.807) is 4.57 Å². The number of aromatic nitrogens is 2. The number of aromatic amines is 1. The molecule has 0 saturated heterocycles. The van der Waals surface area contributed by atoms with Crippen molar-refractivity contribution in [2.24, 2.45) is 0 Å². The van der Waals surface area contributed by atoms with Gasteiger partial charge in [-0.3, -0.25) is 4.57 Å². The molecule has 0 aliphatic carbocycles. The smallest absolute Gasteiger partial charge is 0.326 e. The predicted octanol–water partition coefficient (Wildman–Crippen LogP) is 1.32. The molecule has 0 spiro atoms. The third-order valence-electron chi connectivity index (χ3n) is 4.03. The van der Waals surface area contributed by atoms with E-state index >= 15 is 0 Å². The van der Waals surface area contributed by atoms with Gasteiger partial charge < -0.3 is 20.7 Å². The molecule has 0 aliphatic heterocycles. The molecular formula is C18H20N4O3. The first-order valence-electron chi connectivity index (χ1n) is 8.06. The maximum absolute atomic E-state index is 12.0. The summed E-state index contributed by atoms with van der Waals surface area (Å²) in [5.41, 5.74) is 3.05. The molecule has 25 heavy (non-hydrogen) atoms. The Morgan fingerprint density at radius 1 is 1.04 bits per heavy atom. The Kier molecular flexibility index (Phi) is 5.15. The Labute approximate surface area is 144 Å². The van der Waals surface area contributed by atoms with Crippen LogP contribution >= 0.6 is 0 Å². The number of rotatable bonds is 6. The molecule has 4 N–H and O–H groups in total. The van der Waals surface area contributed by atoms with Crippen LogP contribution in [0.15, 0.2) is 53.3 Å². The third-order valence-corrected chi connectivity index (χ3v) is 4.03. The van der Waals surface area contributed by atoms with Crippen molar-refractivity contribution in [1.29, 1.82) is 0 Å². The van der Waals surface area contributed by atoms with Gasteiger partial charge in [0.05, 0.1) is 17.6 Å². The van der Waals surface area contributed by atoms with Crippen LogP contribution in [0.25, 0.3) is 11.0 Å². The van der Waals surface area contributed by atoms with Crippen LogP contribution in [0.3, 0.4) is 0 Å². The summed E-state index contributed by atoms with van der Waals surface area (Å²) >= 11 is 0. The standard InChI is InChI=1S/C18H20N4O3/c23-12-14-6-2-1-5-13(14)11-20-17(24)19-9-10-22-16-8-4-3-7-15(16)21-18(22)25/h1-8,23H,9-12H2,(H,21,25)(H2,19,20,24). The zero-order valence-corrected chi connectivity index (χ0v) is 13.7. The molecule has 3 rings (SSSR count). The van der Waals surface area contributed by atoms with Crippen LogP contribution in [0.4, 0.5) is 4.79 Å². The number of nitrogens with one attached hydrogen (secondary N) is 3. The fourth-order valence-corrected chi connectivity index (χ4v) is 2.73. The van der Waals surface area contributed by atoms with Gasteiger partial charge in [-0.25, -0.2) is 9.59 Å². The molecule has 0 bridgehead atoms. The minimum Gasteiger partial charge on any atom is -0.392 e. The molecular weight excluding hydrogens is 320 g/mol. The molecule has 130 valence electrons. The van der Waals surface area contributed by atoms with Gasteiger partial charge in [-0.15, -0.1) is 0 Å². The number of carbonyl (C=O) groups is 1. The molecule has 2 amide bonds. The van der Waals surface area contributed by atoms with E-state index in [1.165, 1.54) is 0 Å². The number of aliphatic hydroxyl groups is 1. The molecule has 7 heteroatoms. The zero-order valence-electron chi connectivity index (χ0n) is 13.7. The van der Waals surface area contributed by atoms with Crippen molar-refractivity contribution in [3.8, 4) is 0 Å². The Morgan fingerprint density at radius 3 is 2.56 bits per heavy atom. The summed E-state index contributed by atoms with van der Waals surface area (Å²) in [5, 5.41) is 14.8. The number of amides is 2. The minimum atomic E-state index is -0.319. The van der Waals surface area contributed by atoms with Gasteiger partial charge in [-0.1, -0.05) is 36.4 Å². The second-order valence-corrected chi connectivity index (χ2v) is 5.64. The highest BCUT2D eigenvalue weighted by molar-refractivity contribution is 5.75. The minimum absolute atomic E-state index is 0.0665. The van der Waals surface area contributed by atoms with Crippen LogP contribution < -0.4 is 16.3 Å². The van der Waals surface area contributed by atoms with Crippen LogP contribution in [0, 0.1) is 0 Å². The van der Waals surface area contributed by atoms with Gasteiger partial charge in [-0.05, 0) is 23.3 Å². The number of hydrogen-bond donors (Lipinski definition) is 4. The Bertz CT molecular complexity index is 929. The second kappa shape index (κ2) is 7.67. The van der Waals surface area contributed by atoms with E-state index in [2.05, 4.69) is 15.6 Å². The molecule has 0 fully saturated rings. The Morgan fingerprint density at radius 2 is 1.76 bits per heavy atom. The maximum atomic E-state index is 12.0. The lowest BCUT2D eigenvalue weighted by atomic mass is 10.1. The summed E-state index contributed by atoms with van der Waals surface area (Å²) < 4.78 is 1.59. The van der Waals surface area contributed by atoms with Gasteiger partial charge >= 0.3 is 11.7 Å². The average Bonchev–Trinajstić information content (AvgIpc) is 2.96. The molecule has 7 nitrogen and oxygen atoms in total. The highest BCUT2D eigenvalue weighted by Crippen LogP contribution is 2.09. The van der Waals surface area contributed by atoms with Crippen molar-refractivity contribution in [1.82, 2.24) is 20.2 Å². The fraction of sp³-hybridized carbons (Fsp3) is 0.222. The van der Waals surface area contributed by atoms with Crippen LogP contribution in [0.1, 0.15) is 11.1 Å². The van der Waals surface area contributed by atoms with Crippen LogP contribution in [-0.4, -0.2) is 27.2 Å². The van der Waals surface area contributed by atoms with E-state index in [9.17, 15) is 14.7 Å². The van der Waals surface area contributed by atoms with Crippen molar-refractivity contribution in [3.05, 3.63) is 70.1 Å². The van der Waals surface area contributed by atoms with Crippen LogP contribution in [0.5, 0.6) is 0 Å².